The Hall–Kier alpha value is -2.30. The second-order valence-corrected chi connectivity index (χ2v) is 23.0. The van der Waals surface area contributed by atoms with Gasteiger partial charge in [0.1, 0.15) is 12.7 Å². The molecule has 0 aliphatic heterocycles. The van der Waals surface area contributed by atoms with Crippen molar-refractivity contribution in [1.29, 1.82) is 0 Å². The second-order valence-electron chi connectivity index (χ2n) is 21.6. The van der Waals surface area contributed by atoms with Crippen LogP contribution in [0.15, 0.2) is 36.5 Å². The summed E-state index contributed by atoms with van der Waals surface area (Å²) in [7, 11) is -4.75. The normalized spacial score (nSPS) is 13.5. The fourth-order valence-electron chi connectivity index (χ4n) is 9.15. The van der Waals surface area contributed by atoms with Gasteiger partial charge in [-0.1, -0.05) is 256 Å². The maximum Gasteiger partial charge on any atom is 0.472 e. The molecule has 0 saturated carbocycles. The van der Waals surface area contributed by atoms with Crippen molar-refractivity contribution >= 4 is 25.7 Å². The summed E-state index contributed by atoms with van der Waals surface area (Å²) in [5.74, 6) is -1.46. The summed E-state index contributed by atoms with van der Waals surface area (Å²) in [6.07, 6.45) is 62.3. The van der Waals surface area contributed by atoms with E-state index in [2.05, 4.69) is 57.2 Å². The predicted octanol–water partition coefficient (Wildman–Crippen LogP) is 19.2. The molecule has 2 N–H and O–H groups in total. The average molecular weight is 1100 g/mol. The first-order chi connectivity index (χ1) is 37.2. The van der Waals surface area contributed by atoms with Crippen LogP contribution in [0.5, 0.6) is 0 Å². The lowest BCUT2D eigenvalue weighted by Gasteiger charge is -2.21. The van der Waals surface area contributed by atoms with Gasteiger partial charge in [0.2, 0.25) is 0 Å². The van der Waals surface area contributed by atoms with Crippen LogP contribution in [0.4, 0.5) is 0 Å². The summed E-state index contributed by atoms with van der Waals surface area (Å²) in [5.41, 5.74) is 0. The van der Waals surface area contributed by atoms with Crippen LogP contribution in [0.1, 0.15) is 316 Å². The molecule has 12 heteroatoms. The third kappa shape index (κ3) is 56.4. The number of allylic oxidation sites excluding steroid dienone is 6. The minimum absolute atomic E-state index is 0.164. The molecule has 0 rings (SSSR count). The Morgan fingerprint density at radius 1 is 0.368 bits per heavy atom. The smallest absolute Gasteiger partial charge is 0.462 e. The van der Waals surface area contributed by atoms with E-state index in [0.717, 1.165) is 89.9 Å². The molecule has 0 spiro atoms. The molecule has 0 radical (unpaired) electrons. The van der Waals surface area contributed by atoms with Gasteiger partial charge in [0, 0.05) is 19.3 Å². The van der Waals surface area contributed by atoms with Crippen molar-refractivity contribution in [3.8, 4) is 0 Å². The SMILES string of the molecule is CCCCC/C=C\C/C=C\CCCCCCCC(=O)OC(CO)COP(=O)(O)OCC(COC(=O)CCCCCCCCC/C=C\CCCCCCCC)OC(=O)CCCCCCCCCCCCCCCCCCC. The van der Waals surface area contributed by atoms with E-state index in [4.69, 9.17) is 23.3 Å². The number of aliphatic hydroxyl groups excluding tert-OH is 1. The summed E-state index contributed by atoms with van der Waals surface area (Å²) < 4.78 is 39.7. The van der Waals surface area contributed by atoms with Gasteiger partial charge < -0.3 is 24.2 Å². The third-order valence-corrected chi connectivity index (χ3v) is 15.0. The molecule has 76 heavy (non-hydrogen) atoms. The van der Waals surface area contributed by atoms with E-state index in [0.29, 0.717) is 19.3 Å². The Morgan fingerprint density at radius 3 is 1.01 bits per heavy atom. The molecule has 0 aliphatic rings. The van der Waals surface area contributed by atoms with E-state index in [-0.39, 0.29) is 25.9 Å². The lowest BCUT2D eigenvalue weighted by atomic mass is 10.0. The van der Waals surface area contributed by atoms with Gasteiger partial charge in [-0.25, -0.2) is 4.57 Å². The molecular formula is C64H119O11P. The Balaban J connectivity index is 4.69. The van der Waals surface area contributed by atoms with Gasteiger partial charge in [-0.15, -0.1) is 0 Å². The van der Waals surface area contributed by atoms with Gasteiger partial charge in [0.15, 0.2) is 6.10 Å². The maximum atomic E-state index is 12.9. The zero-order chi connectivity index (χ0) is 55.5. The van der Waals surface area contributed by atoms with Crippen LogP contribution in [-0.2, 0) is 42.2 Å². The van der Waals surface area contributed by atoms with Crippen LogP contribution >= 0.6 is 7.82 Å². The van der Waals surface area contributed by atoms with Crippen LogP contribution in [0, 0.1) is 0 Å². The summed E-state index contributed by atoms with van der Waals surface area (Å²) >= 11 is 0. The van der Waals surface area contributed by atoms with Crippen molar-refractivity contribution in [2.75, 3.05) is 26.4 Å². The highest BCUT2D eigenvalue weighted by molar-refractivity contribution is 7.47. The van der Waals surface area contributed by atoms with E-state index in [1.807, 2.05) is 0 Å². The molecule has 0 aromatic rings. The standard InChI is InChI=1S/C64H119O11P/c1-4-7-10-13-16-19-22-25-28-30-33-35-38-41-44-47-50-53-62(66)71-57-61(75-64(68)55-52-49-46-43-40-37-34-31-29-26-23-20-17-14-11-8-5-2)59-73-76(69,70)72-58-60(56-65)74-63(67)54-51-48-45-42-39-36-32-27-24-21-18-15-12-9-6-3/h18,21,25,27-28,32,60-61,65H,4-17,19-20,22-24,26,29-31,33-59H2,1-3H3,(H,69,70)/b21-18-,28-25-,32-27-. The molecule has 0 heterocycles. The first-order valence-corrected chi connectivity index (χ1v) is 33.4. The molecule has 3 unspecified atom stereocenters. The van der Waals surface area contributed by atoms with Crippen molar-refractivity contribution in [3.63, 3.8) is 0 Å². The van der Waals surface area contributed by atoms with Crippen molar-refractivity contribution < 1.29 is 52.2 Å². The second kappa shape index (κ2) is 58.8. The first-order valence-electron chi connectivity index (χ1n) is 31.9. The largest absolute Gasteiger partial charge is 0.472 e. The van der Waals surface area contributed by atoms with E-state index in [9.17, 15) is 28.9 Å². The van der Waals surface area contributed by atoms with Gasteiger partial charge in [-0.3, -0.25) is 23.4 Å². The van der Waals surface area contributed by atoms with Crippen molar-refractivity contribution in [1.82, 2.24) is 0 Å². The molecule has 0 amide bonds. The lowest BCUT2D eigenvalue weighted by molar-refractivity contribution is -0.161. The number of hydrogen-bond acceptors (Lipinski definition) is 10. The molecule has 0 aromatic heterocycles. The number of carbonyl (C=O) groups is 3. The summed E-state index contributed by atoms with van der Waals surface area (Å²) in [6, 6.07) is 0. The number of ether oxygens (including phenoxy) is 3. The predicted molar refractivity (Wildman–Crippen MR) is 316 cm³/mol. The monoisotopic (exact) mass is 1090 g/mol. The molecule has 446 valence electrons. The van der Waals surface area contributed by atoms with Gasteiger partial charge in [-0.05, 0) is 77.0 Å². The number of esters is 3. The molecule has 0 aliphatic carbocycles. The first kappa shape index (κ1) is 73.7. The molecular weight excluding hydrogens is 976 g/mol. The average Bonchev–Trinajstić information content (AvgIpc) is 3.41. The van der Waals surface area contributed by atoms with Gasteiger partial charge in [0.25, 0.3) is 0 Å². The van der Waals surface area contributed by atoms with Crippen molar-refractivity contribution in [2.45, 2.75) is 328 Å². The topological polar surface area (TPSA) is 155 Å². The summed E-state index contributed by atoms with van der Waals surface area (Å²) in [6.45, 7) is 4.66. The van der Waals surface area contributed by atoms with E-state index in [1.54, 1.807) is 0 Å². The van der Waals surface area contributed by atoms with Crippen LogP contribution in [-0.4, -0.2) is 66.5 Å². The number of unbranched alkanes of at least 4 members (excludes halogenated alkanes) is 37. The zero-order valence-electron chi connectivity index (χ0n) is 49.5. The molecule has 11 nitrogen and oxygen atoms in total. The minimum atomic E-state index is -4.75. The third-order valence-electron chi connectivity index (χ3n) is 14.0. The highest BCUT2D eigenvalue weighted by Gasteiger charge is 2.28. The zero-order valence-corrected chi connectivity index (χ0v) is 50.4. The Bertz CT molecular complexity index is 1420. The number of rotatable bonds is 60. The number of hydrogen-bond donors (Lipinski definition) is 2. The van der Waals surface area contributed by atoms with E-state index < -0.39 is 57.8 Å². The maximum absolute atomic E-state index is 12.9. The highest BCUT2D eigenvalue weighted by Crippen LogP contribution is 2.43. The number of phosphoric acid groups is 1. The summed E-state index contributed by atoms with van der Waals surface area (Å²) in [4.78, 5) is 48.7. The number of aliphatic hydroxyl groups is 1. The van der Waals surface area contributed by atoms with Crippen LogP contribution in [0.25, 0.3) is 0 Å². The van der Waals surface area contributed by atoms with Gasteiger partial charge in [-0.2, -0.15) is 0 Å². The fourth-order valence-corrected chi connectivity index (χ4v) is 9.93. The Morgan fingerprint density at radius 2 is 0.645 bits per heavy atom. The van der Waals surface area contributed by atoms with Gasteiger partial charge in [0.05, 0.1) is 19.8 Å². The quantitative estimate of drug-likeness (QED) is 0.0197. The van der Waals surface area contributed by atoms with Crippen LogP contribution in [0.3, 0.4) is 0 Å². The van der Waals surface area contributed by atoms with E-state index in [1.165, 1.54) is 167 Å². The fraction of sp³-hybridized carbons (Fsp3) is 0.859. The van der Waals surface area contributed by atoms with Crippen molar-refractivity contribution in [3.05, 3.63) is 36.5 Å². The molecule has 3 atom stereocenters. The van der Waals surface area contributed by atoms with Crippen molar-refractivity contribution in [2.24, 2.45) is 0 Å². The molecule has 0 fully saturated rings. The Labute approximate surface area is 467 Å². The minimum Gasteiger partial charge on any atom is -0.462 e. The summed E-state index contributed by atoms with van der Waals surface area (Å²) in [5, 5.41) is 9.84. The van der Waals surface area contributed by atoms with Crippen LogP contribution in [0.2, 0.25) is 0 Å². The molecule has 0 saturated heterocycles. The molecule has 0 aromatic carbocycles. The molecule has 0 bridgehead atoms. The lowest BCUT2D eigenvalue weighted by Crippen LogP contribution is -2.30. The number of carbonyl (C=O) groups excluding carboxylic acids is 3. The van der Waals surface area contributed by atoms with Gasteiger partial charge >= 0.3 is 25.7 Å². The Kier molecular flexibility index (Phi) is 57.1. The highest BCUT2D eigenvalue weighted by atomic mass is 31.2. The van der Waals surface area contributed by atoms with E-state index >= 15 is 0 Å². The van der Waals surface area contributed by atoms with Crippen LogP contribution < -0.4 is 0 Å². The number of phosphoric ester groups is 1.